The van der Waals surface area contributed by atoms with E-state index in [2.05, 4.69) is 48.0 Å². The van der Waals surface area contributed by atoms with Crippen LogP contribution in [0.15, 0.2) is 6.33 Å². The van der Waals surface area contributed by atoms with Crippen molar-refractivity contribution >= 4 is 0 Å². The Bertz CT molecular complexity index is 393. The molecule has 0 aliphatic carbocycles. The summed E-state index contributed by atoms with van der Waals surface area (Å²) in [6.07, 6.45) is 2.77. The lowest BCUT2D eigenvalue weighted by atomic mass is 9.85. The molecule has 1 unspecified atom stereocenters. The van der Waals surface area contributed by atoms with Crippen LogP contribution in [0.2, 0.25) is 0 Å². The second kappa shape index (κ2) is 6.01. The molecule has 1 aliphatic rings. The fraction of sp³-hybridized carbons (Fsp3) is 0.857. The highest BCUT2D eigenvalue weighted by Gasteiger charge is 2.29. The first kappa shape index (κ1) is 14.5. The molecule has 0 amide bonds. The fourth-order valence-electron chi connectivity index (χ4n) is 2.54. The molecule has 1 aliphatic heterocycles. The zero-order chi connectivity index (χ0) is 13.9. The van der Waals surface area contributed by atoms with Crippen molar-refractivity contribution in [1.82, 2.24) is 25.0 Å². The van der Waals surface area contributed by atoms with Crippen molar-refractivity contribution in [3.8, 4) is 0 Å². The number of piperazine rings is 1. The summed E-state index contributed by atoms with van der Waals surface area (Å²) in [5.41, 5.74) is 0.301. The van der Waals surface area contributed by atoms with Crippen molar-refractivity contribution in [2.75, 3.05) is 19.6 Å². The van der Waals surface area contributed by atoms with Crippen molar-refractivity contribution in [3.05, 3.63) is 12.2 Å². The summed E-state index contributed by atoms with van der Waals surface area (Å²) >= 11 is 0. The Kier molecular flexibility index (Phi) is 4.58. The molecular formula is C14H27N5. The first-order valence-electron chi connectivity index (χ1n) is 7.33. The Balaban J connectivity index is 1.97. The Morgan fingerprint density at radius 3 is 2.89 bits per heavy atom. The third-order valence-electron chi connectivity index (χ3n) is 3.80. The van der Waals surface area contributed by atoms with Crippen molar-refractivity contribution in [2.24, 2.45) is 5.41 Å². The van der Waals surface area contributed by atoms with Gasteiger partial charge >= 0.3 is 0 Å². The Morgan fingerprint density at radius 1 is 1.42 bits per heavy atom. The van der Waals surface area contributed by atoms with Crippen LogP contribution < -0.4 is 5.32 Å². The molecule has 108 valence electrons. The molecule has 0 aromatic carbocycles. The fourth-order valence-corrected chi connectivity index (χ4v) is 2.54. The van der Waals surface area contributed by atoms with Crippen molar-refractivity contribution in [2.45, 2.75) is 53.2 Å². The molecule has 2 rings (SSSR count). The molecule has 1 saturated heterocycles. The van der Waals surface area contributed by atoms with Crippen LogP contribution in [0, 0.1) is 5.41 Å². The third-order valence-corrected chi connectivity index (χ3v) is 3.80. The van der Waals surface area contributed by atoms with Gasteiger partial charge in [-0.15, -0.1) is 0 Å². The van der Waals surface area contributed by atoms with Crippen molar-refractivity contribution in [3.63, 3.8) is 0 Å². The minimum atomic E-state index is 0.301. The van der Waals surface area contributed by atoms with Crippen molar-refractivity contribution in [1.29, 1.82) is 0 Å². The molecule has 5 heteroatoms. The van der Waals surface area contributed by atoms with Crippen LogP contribution in [0.25, 0.3) is 0 Å². The van der Waals surface area contributed by atoms with Gasteiger partial charge in [0, 0.05) is 32.2 Å². The quantitative estimate of drug-likeness (QED) is 0.896. The van der Waals surface area contributed by atoms with Gasteiger partial charge in [0.2, 0.25) is 0 Å². The second-order valence-corrected chi connectivity index (χ2v) is 6.51. The molecule has 1 fully saturated rings. The summed E-state index contributed by atoms with van der Waals surface area (Å²) in [7, 11) is 0. The average Bonchev–Trinajstić information content (AvgIpc) is 2.77. The van der Waals surface area contributed by atoms with Crippen molar-refractivity contribution < 1.29 is 0 Å². The summed E-state index contributed by atoms with van der Waals surface area (Å²) in [5, 5.41) is 7.93. The molecule has 0 spiro atoms. The normalized spacial score (nSPS) is 21.8. The lowest BCUT2D eigenvalue weighted by Gasteiger charge is -2.40. The summed E-state index contributed by atoms with van der Waals surface area (Å²) in [6.45, 7) is 14.2. The molecule has 1 aromatic heterocycles. The van der Waals surface area contributed by atoms with Gasteiger partial charge in [-0.05, 0) is 11.8 Å². The zero-order valence-electron chi connectivity index (χ0n) is 12.7. The molecule has 19 heavy (non-hydrogen) atoms. The predicted molar refractivity (Wildman–Crippen MR) is 76.8 cm³/mol. The van der Waals surface area contributed by atoms with E-state index < -0.39 is 0 Å². The van der Waals surface area contributed by atoms with Crippen LogP contribution in [0.5, 0.6) is 0 Å². The molecule has 5 nitrogen and oxygen atoms in total. The maximum absolute atomic E-state index is 4.41. The Hall–Kier alpha value is -0.940. The summed E-state index contributed by atoms with van der Waals surface area (Å²) in [6, 6.07) is 0.545. The summed E-state index contributed by atoms with van der Waals surface area (Å²) in [4.78, 5) is 6.89. The minimum absolute atomic E-state index is 0.301. The summed E-state index contributed by atoms with van der Waals surface area (Å²) < 4.78 is 2.04. The molecular weight excluding hydrogens is 238 g/mol. The highest BCUT2D eigenvalue weighted by Crippen LogP contribution is 2.22. The van der Waals surface area contributed by atoms with Gasteiger partial charge < -0.3 is 5.32 Å². The lowest BCUT2D eigenvalue weighted by molar-refractivity contribution is 0.125. The van der Waals surface area contributed by atoms with Gasteiger partial charge in [0.05, 0.1) is 6.54 Å². The number of hydrogen-bond donors (Lipinski definition) is 1. The molecule has 1 aromatic rings. The monoisotopic (exact) mass is 265 g/mol. The van der Waals surface area contributed by atoms with Crippen LogP contribution in [0.1, 0.15) is 39.9 Å². The first-order valence-corrected chi connectivity index (χ1v) is 7.33. The van der Waals surface area contributed by atoms with Gasteiger partial charge in [-0.2, -0.15) is 5.10 Å². The lowest BCUT2D eigenvalue weighted by Crippen LogP contribution is -2.55. The van der Waals surface area contributed by atoms with E-state index in [-0.39, 0.29) is 0 Å². The highest BCUT2D eigenvalue weighted by atomic mass is 15.4. The van der Waals surface area contributed by atoms with E-state index in [1.165, 1.54) is 0 Å². The zero-order valence-corrected chi connectivity index (χ0v) is 12.7. The van der Waals surface area contributed by atoms with E-state index in [0.717, 1.165) is 45.0 Å². The van der Waals surface area contributed by atoms with Gasteiger partial charge in [-0.3, -0.25) is 4.90 Å². The largest absolute Gasteiger partial charge is 0.311 e. The Labute approximate surface area is 116 Å². The predicted octanol–water partition coefficient (Wildman–Crippen LogP) is 1.51. The van der Waals surface area contributed by atoms with Gasteiger partial charge in [-0.25, -0.2) is 9.67 Å². The number of aromatic nitrogens is 3. The van der Waals surface area contributed by atoms with Crippen LogP contribution in [-0.2, 0) is 13.1 Å². The van der Waals surface area contributed by atoms with E-state index in [1.54, 1.807) is 6.33 Å². The van der Waals surface area contributed by atoms with Crippen LogP contribution in [-0.4, -0.2) is 45.3 Å². The highest BCUT2D eigenvalue weighted by molar-refractivity contribution is 4.91. The molecule has 2 heterocycles. The van der Waals surface area contributed by atoms with Gasteiger partial charge in [0.1, 0.15) is 12.2 Å². The SMILES string of the molecule is CCCn1ncnc1CN1CCNC(C(C)(C)C)C1. The maximum Gasteiger partial charge on any atom is 0.141 e. The summed E-state index contributed by atoms with van der Waals surface area (Å²) in [5.74, 6) is 1.09. The first-order chi connectivity index (χ1) is 9.00. The maximum atomic E-state index is 4.41. The molecule has 0 radical (unpaired) electrons. The number of nitrogens with one attached hydrogen (secondary N) is 1. The molecule has 1 N–H and O–H groups in total. The number of hydrogen-bond acceptors (Lipinski definition) is 4. The van der Waals surface area contributed by atoms with E-state index in [9.17, 15) is 0 Å². The van der Waals surface area contributed by atoms with E-state index >= 15 is 0 Å². The number of rotatable bonds is 4. The average molecular weight is 265 g/mol. The van der Waals surface area contributed by atoms with Gasteiger partial charge in [0.25, 0.3) is 0 Å². The molecule has 0 bridgehead atoms. The smallest absolute Gasteiger partial charge is 0.141 e. The second-order valence-electron chi connectivity index (χ2n) is 6.51. The Morgan fingerprint density at radius 2 is 2.21 bits per heavy atom. The molecule has 1 atom stereocenters. The van der Waals surface area contributed by atoms with Crippen LogP contribution in [0.3, 0.4) is 0 Å². The number of aryl methyl sites for hydroxylation is 1. The topological polar surface area (TPSA) is 46.0 Å². The van der Waals surface area contributed by atoms with Crippen LogP contribution >= 0.6 is 0 Å². The standard InChI is InChI=1S/C14H27N5/c1-5-7-19-13(16-11-17-19)10-18-8-6-15-12(9-18)14(2,3)4/h11-12,15H,5-10H2,1-4H3. The van der Waals surface area contributed by atoms with Crippen LogP contribution in [0.4, 0.5) is 0 Å². The number of nitrogens with zero attached hydrogens (tertiary/aromatic N) is 4. The van der Waals surface area contributed by atoms with Gasteiger partial charge in [-0.1, -0.05) is 27.7 Å². The van der Waals surface area contributed by atoms with E-state index in [1.807, 2.05) is 4.68 Å². The van der Waals surface area contributed by atoms with Gasteiger partial charge in [0.15, 0.2) is 0 Å². The molecule has 0 saturated carbocycles. The van der Waals surface area contributed by atoms with E-state index in [0.29, 0.717) is 11.5 Å². The van der Waals surface area contributed by atoms with E-state index in [4.69, 9.17) is 0 Å². The minimum Gasteiger partial charge on any atom is -0.311 e. The third kappa shape index (κ3) is 3.76.